The molecule has 0 amide bonds. The van der Waals surface area contributed by atoms with Gasteiger partial charge in [0.25, 0.3) is 0 Å². The van der Waals surface area contributed by atoms with E-state index in [0.717, 1.165) is 18.7 Å². The first-order valence-electron chi connectivity index (χ1n) is 3.41. The van der Waals surface area contributed by atoms with Crippen LogP contribution in [0.5, 0.6) is 0 Å². The third kappa shape index (κ3) is 5.33. The summed E-state index contributed by atoms with van der Waals surface area (Å²) in [6, 6.07) is 2.15. The van der Waals surface area contributed by atoms with Gasteiger partial charge in [-0.05, 0) is 13.8 Å². The molecule has 2 nitrogen and oxygen atoms in total. The molecule has 0 aromatic carbocycles. The lowest BCUT2D eigenvalue weighted by molar-refractivity contribution is 0.628. The Morgan fingerprint density at radius 3 is 2.80 bits per heavy atom. The zero-order chi connectivity index (χ0) is 7.98. The van der Waals surface area contributed by atoms with Crippen molar-refractivity contribution in [1.29, 1.82) is 5.26 Å². The lowest BCUT2D eigenvalue weighted by Crippen LogP contribution is -2.21. The predicted molar refractivity (Wildman–Crippen MR) is 42.5 cm³/mol. The highest BCUT2D eigenvalue weighted by Crippen LogP contribution is 1.88. The third-order valence-corrected chi connectivity index (χ3v) is 1.10. The van der Waals surface area contributed by atoms with Crippen molar-refractivity contribution in [3.63, 3.8) is 0 Å². The van der Waals surface area contributed by atoms with E-state index < -0.39 is 0 Å². The van der Waals surface area contributed by atoms with Gasteiger partial charge in [-0.1, -0.05) is 12.2 Å². The molecule has 0 aromatic rings. The van der Waals surface area contributed by atoms with Crippen LogP contribution in [0.4, 0.5) is 0 Å². The molecule has 0 spiro atoms. The van der Waals surface area contributed by atoms with Crippen LogP contribution in [0, 0.1) is 17.2 Å². The van der Waals surface area contributed by atoms with Crippen molar-refractivity contribution in [2.75, 3.05) is 13.1 Å². The summed E-state index contributed by atoms with van der Waals surface area (Å²) in [6.45, 7) is 9.15. The number of nitriles is 1. The van der Waals surface area contributed by atoms with Crippen molar-refractivity contribution in [2.24, 2.45) is 5.92 Å². The standard InChI is InChI=1S/C8H14N2/c1-7(2)5-10-6-8(3)4-9/h8,10H,1,5-6H2,2-3H3. The molecule has 0 aliphatic rings. The highest BCUT2D eigenvalue weighted by atomic mass is 14.8. The number of hydrogen-bond acceptors (Lipinski definition) is 2. The minimum atomic E-state index is 0.0966. The van der Waals surface area contributed by atoms with Crippen molar-refractivity contribution in [1.82, 2.24) is 5.32 Å². The van der Waals surface area contributed by atoms with Gasteiger partial charge in [-0.2, -0.15) is 5.26 Å². The Kier molecular flexibility index (Phi) is 4.61. The van der Waals surface area contributed by atoms with Crippen LogP contribution in [0.15, 0.2) is 12.2 Å². The van der Waals surface area contributed by atoms with Gasteiger partial charge < -0.3 is 5.32 Å². The van der Waals surface area contributed by atoms with Gasteiger partial charge in [-0.3, -0.25) is 0 Å². The summed E-state index contributed by atoms with van der Waals surface area (Å²) in [4.78, 5) is 0. The molecule has 0 bridgehead atoms. The van der Waals surface area contributed by atoms with Gasteiger partial charge in [0.2, 0.25) is 0 Å². The second-order valence-corrected chi connectivity index (χ2v) is 2.62. The summed E-state index contributed by atoms with van der Waals surface area (Å²) in [5, 5.41) is 11.5. The maximum Gasteiger partial charge on any atom is 0.0666 e. The zero-order valence-electron chi connectivity index (χ0n) is 6.65. The fourth-order valence-corrected chi connectivity index (χ4v) is 0.548. The van der Waals surface area contributed by atoms with Crippen LogP contribution >= 0.6 is 0 Å². The molecule has 0 saturated carbocycles. The number of nitrogens with one attached hydrogen (secondary N) is 1. The summed E-state index contributed by atoms with van der Waals surface area (Å²) >= 11 is 0. The number of hydrogen-bond donors (Lipinski definition) is 1. The Morgan fingerprint density at radius 1 is 1.80 bits per heavy atom. The van der Waals surface area contributed by atoms with E-state index in [1.54, 1.807) is 0 Å². The molecule has 0 aliphatic carbocycles. The Bertz CT molecular complexity index is 144. The Hall–Kier alpha value is -0.810. The van der Waals surface area contributed by atoms with Crippen molar-refractivity contribution >= 4 is 0 Å². The van der Waals surface area contributed by atoms with E-state index in [0.29, 0.717) is 0 Å². The van der Waals surface area contributed by atoms with E-state index in [1.807, 2.05) is 13.8 Å². The largest absolute Gasteiger partial charge is 0.312 e. The van der Waals surface area contributed by atoms with Crippen LogP contribution in [0.25, 0.3) is 0 Å². The minimum Gasteiger partial charge on any atom is -0.312 e. The van der Waals surface area contributed by atoms with Crippen LogP contribution in [0.2, 0.25) is 0 Å². The van der Waals surface area contributed by atoms with Crippen molar-refractivity contribution in [3.8, 4) is 6.07 Å². The zero-order valence-corrected chi connectivity index (χ0v) is 6.65. The van der Waals surface area contributed by atoms with Crippen molar-refractivity contribution in [2.45, 2.75) is 13.8 Å². The molecule has 0 heterocycles. The highest BCUT2D eigenvalue weighted by molar-refractivity contribution is 4.91. The molecule has 56 valence electrons. The molecule has 0 saturated heterocycles. The summed E-state index contributed by atoms with van der Waals surface area (Å²) < 4.78 is 0. The molecule has 2 heteroatoms. The SMILES string of the molecule is C=C(C)CNCC(C)C#N. The third-order valence-electron chi connectivity index (χ3n) is 1.10. The lowest BCUT2D eigenvalue weighted by atomic mass is 10.2. The van der Waals surface area contributed by atoms with Gasteiger partial charge in [-0.25, -0.2) is 0 Å². The van der Waals surface area contributed by atoms with Gasteiger partial charge >= 0.3 is 0 Å². The van der Waals surface area contributed by atoms with Crippen LogP contribution < -0.4 is 5.32 Å². The maximum absolute atomic E-state index is 8.39. The first kappa shape index (κ1) is 9.19. The summed E-state index contributed by atoms with van der Waals surface area (Å²) in [7, 11) is 0. The predicted octanol–water partition coefficient (Wildman–Crippen LogP) is 1.31. The van der Waals surface area contributed by atoms with E-state index >= 15 is 0 Å². The lowest BCUT2D eigenvalue weighted by Gasteiger charge is -2.03. The summed E-state index contributed by atoms with van der Waals surface area (Å²) in [5.41, 5.74) is 1.10. The second-order valence-electron chi connectivity index (χ2n) is 2.62. The average Bonchev–Trinajstić information content (AvgIpc) is 1.87. The molecule has 0 fully saturated rings. The molecule has 10 heavy (non-hydrogen) atoms. The fourth-order valence-electron chi connectivity index (χ4n) is 0.548. The van der Waals surface area contributed by atoms with Gasteiger partial charge in [0.15, 0.2) is 0 Å². The van der Waals surface area contributed by atoms with E-state index in [1.165, 1.54) is 0 Å². The molecular weight excluding hydrogens is 124 g/mol. The fraction of sp³-hybridized carbons (Fsp3) is 0.625. The molecule has 1 N–H and O–H groups in total. The van der Waals surface area contributed by atoms with Crippen LogP contribution in [-0.4, -0.2) is 13.1 Å². The van der Waals surface area contributed by atoms with Gasteiger partial charge in [0.1, 0.15) is 0 Å². The molecule has 0 radical (unpaired) electrons. The van der Waals surface area contributed by atoms with E-state index in [-0.39, 0.29) is 5.92 Å². The van der Waals surface area contributed by atoms with Gasteiger partial charge in [-0.15, -0.1) is 0 Å². The van der Waals surface area contributed by atoms with Crippen LogP contribution in [0.1, 0.15) is 13.8 Å². The average molecular weight is 138 g/mol. The minimum absolute atomic E-state index is 0.0966. The Morgan fingerprint density at radius 2 is 2.40 bits per heavy atom. The molecule has 0 aromatic heterocycles. The number of rotatable bonds is 4. The smallest absolute Gasteiger partial charge is 0.0666 e. The van der Waals surface area contributed by atoms with E-state index in [2.05, 4.69) is 18.0 Å². The number of nitrogens with zero attached hydrogens (tertiary/aromatic N) is 1. The monoisotopic (exact) mass is 138 g/mol. The van der Waals surface area contributed by atoms with Crippen molar-refractivity contribution in [3.05, 3.63) is 12.2 Å². The molecular formula is C8H14N2. The summed E-state index contributed by atoms with van der Waals surface area (Å²) in [6.07, 6.45) is 0. The van der Waals surface area contributed by atoms with E-state index in [4.69, 9.17) is 5.26 Å². The second kappa shape index (κ2) is 5.01. The Labute approximate surface area is 62.5 Å². The van der Waals surface area contributed by atoms with Crippen molar-refractivity contribution < 1.29 is 0 Å². The van der Waals surface area contributed by atoms with Gasteiger partial charge in [0.05, 0.1) is 12.0 Å². The topological polar surface area (TPSA) is 35.8 Å². The Balaban J connectivity index is 3.22. The van der Waals surface area contributed by atoms with Crippen LogP contribution in [0.3, 0.4) is 0 Å². The highest BCUT2D eigenvalue weighted by Gasteiger charge is 1.96. The molecule has 1 unspecified atom stereocenters. The maximum atomic E-state index is 8.39. The molecule has 0 aliphatic heterocycles. The molecule has 1 atom stereocenters. The first-order valence-corrected chi connectivity index (χ1v) is 3.41. The van der Waals surface area contributed by atoms with E-state index in [9.17, 15) is 0 Å². The summed E-state index contributed by atoms with van der Waals surface area (Å²) in [5.74, 6) is 0.0966. The first-order chi connectivity index (χ1) is 4.66. The van der Waals surface area contributed by atoms with Gasteiger partial charge in [0, 0.05) is 13.1 Å². The normalized spacial score (nSPS) is 12.1. The quantitative estimate of drug-likeness (QED) is 0.594. The van der Waals surface area contributed by atoms with Crippen LogP contribution in [-0.2, 0) is 0 Å². The molecule has 0 rings (SSSR count).